The Morgan fingerprint density at radius 1 is 1.00 bits per heavy atom. The molecule has 0 aliphatic carbocycles. The molecule has 0 spiro atoms. The number of hydrogen-bond donors (Lipinski definition) is 2. The Bertz CT molecular complexity index is 1500. The van der Waals surface area contributed by atoms with Gasteiger partial charge in [-0.1, -0.05) is 18.6 Å². The van der Waals surface area contributed by atoms with Crippen LogP contribution in [0, 0.1) is 0 Å². The van der Waals surface area contributed by atoms with E-state index in [1.54, 1.807) is 25.6 Å². The van der Waals surface area contributed by atoms with Crippen LogP contribution in [-0.4, -0.2) is 49.0 Å². The molecule has 0 fully saturated rings. The summed E-state index contributed by atoms with van der Waals surface area (Å²) < 4.78 is 23.1. The first-order chi connectivity index (χ1) is 20.2. The lowest BCUT2D eigenvalue weighted by Gasteiger charge is -2.19. The Morgan fingerprint density at radius 3 is 2.57 bits per heavy atom. The highest BCUT2D eigenvalue weighted by molar-refractivity contribution is 7.19. The number of pyridine rings is 1. The lowest BCUT2D eigenvalue weighted by atomic mass is 10.0. The zero-order chi connectivity index (χ0) is 30.1. The topological polar surface area (TPSA) is 104 Å². The van der Waals surface area contributed by atoms with E-state index in [9.17, 15) is 4.79 Å². The van der Waals surface area contributed by atoms with E-state index in [1.165, 1.54) is 5.56 Å². The number of nitrogens with zero attached hydrogens (tertiary/aromatic N) is 2. The second-order valence-corrected chi connectivity index (χ2v) is 12.0. The van der Waals surface area contributed by atoms with Gasteiger partial charge >= 0.3 is 6.09 Å². The molecule has 1 amide bonds. The van der Waals surface area contributed by atoms with Gasteiger partial charge in [-0.05, 0) is 70.7 Å². The number of thiazole rings is 1. The molecular formula is C32H42N4O5S. The van der Waals surface area contributed by atoms with E-state index < -0.39 is 5.60 Å². The first-order valence-electron chi connectivity index (χ1n) is 14.4. The predicted molar refractivity (Wildman–Crippen MR) is 169 cm³/mol. The van der Waals surface area contributed by atoms with Crippen LogP contribution < -0.4 is 20.1 Å². The van der Waals surface area contributed by atoms with Crippen LogP contribution in [0.1, 0.15) is 63.1 Å². The van der Waals surface area contributed by atoms with Crippen LogP contribution in [0.5, 0.6) is 11.5 Å². The van der Waals surface area contributed by atoms with Crippen LogP contribution in [0.3, 0.4) is 0 Å². The summed E-state index contributed by atoms with van der Waals surface area (Å²) in [6, 6.07) is 12.1. The predicted octanol–water partition coefficient (Wildman–Crippen LogP) is 7.25. The molecule has 0 unspecified atom stereocenters. The van der Waals surface area contributed by atoms with Crippen LogP contribution in [-0.2, 0) is 29.0 Å². The van der Waals surface area contributed by atoms with Gasteiger partial charge in [-0.15, -0.1) is 11.3 Å². The standard InChI is InChI=1S/C32H42N4O5S/c1-7-40-20-26-36-28-29(42-26)27-21(12-9-8-10-17-33-31(37)41-32(2,3)4)13-11-14-24(27)35-30(28)34-19-22-15-16-23(38-5)18-25(22)39-6/h11,13-16,18H,7-10,12,17,19-20H2,1-6H3,(H,33,37)(H,34,35). The maximum atomic E-state index is 11.9. The molecule has 0 aliphatic heterocycles. The molecule has 42 heavy (non-hydrogen) atoms. The van der Waals surface area contributed by atoms with Crippen molar-refractivity contribution in [2.45, 2.75) is 72.1 Å². The van der Waals surface area contributed by atoms with E-state index in [2.05, 4.69) is 28.8 Å². The number of methoxy groups -OCH3 is 2. The van der Waals surface area contributed by atoms with Gasteiger partial charge in [0.1, 0.15) is 27.6 Å². The molecule has 0 atom stereocenters. The maximum Gasteiger partial charge on any atom is 0.407 e. The normalized spacial score (nSPS) is 11.6. The number of unbranched alkanes of at least 4 members (excludes halogenated alkanes) is 2. The van der Waals surface area contributed by atoms with E-state index in [0.717, 1.165) is 74.7 Å². The van der Waals surface area contributed by atoms with Crippen LogP contribution in [0.2, 0.25) is 0 Å². The Labute approximate surface area is 251 Å². The van der Waals surface area contributed by atoms with E-state index >= 15 is 0 Å². The summed E-state index contributed by atoms with van der Waals surface area (Å²) in [4.78, 5) is 21.9. The average molecular weight is 595 g/mol. The lowest BCUT2D eigenvalue weighted by molar-refractivity contribution is 0.0527. The molecule has 9 nitrogen and oxygen atoms in total. The molecule has 2 N–H and O–H groups in total. The van der Waals surface area contributed by atoms with Gasteiger partial charge in [-0.3, -0.25) is 0 Å². The van der Waals surface area contributed by atoms with Crippen molar-refractivity contribution in [3.05, 3.63) is 52.5 Å². The Morgan fingerprint density at radius 2 is 1.83 bits per heavy atom. The number of rotatable bonds is 14. The molecular weight excluding hydrogens is 552 g/mol. The van der Waals surface area contributed by atoms with Crippen molar-refractivity contribution in [2.75, 3.05) is 32.7 Å². The maximum absolute atomic E-state index is 11.9. The summed E-state index contributed by atoms with van der Waals surface area (Å²) in [7, 11) is 3.30. The van der Waals surface area contributed by atoms with E-state index in [-0.39, 0.29) is 6.09 Å². The van der Waals surface area contributed by atoms with Crippen molar-refractivity contribution in [2.24, 2.45) is 0 Å². The van der Waals surface area contributed by atoms with E-state index in [0.29, 0.717) is 26.3 Å². The smallest absolute Gasteiger partial charge is 0.407 e. The van der Waals surface area contributed by atoms with Crippen LogP contribution in [0.25, 0.3) is 21.1 Å². The minimum Gasteiger partial charge on any atom is -0.497 e. The zero-order valence-corrected chi connectivity index (χ0v) is 26.3. The number of carbonyl (C=O) groups is 1. The molecule has 4 rings (SSSR count). The van der Waals surface area contributed by atoms with Crippen molar-refractivity contribution in [1.82, 2.24) is 15.3 Å². The van der Waals surface area contributed by atoms with E-state index in [4.69, 9.17) is 28.9 Å². The third kappa shape index (κ3) is 8.23. The van der Waals surface area contributed by atoms with Crippen molar-refractivity contribution in [3.8, 4) is 11.5 Å². The fraction of sp³-hybridized carbons (Fsp3) is 0.469. The molecule has 226 valence electrons. The van der Waals surface area contributed by atoms with Crippen molar-refractivity contribution >= 4 is 44.4 Å². The van der Waals surface area contributed by atoms with Gasteiger partial charge in [-0.25, -0.2) is 14.8 Å². The third-order valence-electron chi connectivity index (χ3n) is 6.65. The number of carbonyl (C=O) groups excluding carboxylic acids is 1. The molecule has 0 radical (unpaired) electrons. The summed E-state index contributed by atoms with van der Waals surface area (Å²) in [5.74, 6) is 2.23. The average Bonchev–Trinajstić information content (AvgIpc) is 3.39. The second kappa shape index (κ2) is 14.5. The van der Waals surface area contributed by atoms with E-state index in [1.807, 2.05) is 45.9 Å². The second-order valence-electron chi connectivity index (χ2n) is 11.0. The van der Waals surface area contributed by atoms with Gasteiger partial charge in [-0.2, -0.15) is 0 Å². The lowest BCUT2D eigenvalue weighted by Crippen LogP contribution is -2.32. The third-order valence-corrected chi connectivity index (χ3v) is 7.69. The van der Waals surface area contributed by atoms with Crippen LogP contribution in [0.15, 0.2) is 36.4 Å². The van der Waals surface area contributed by atoms with Crippen molar-refractivity contribution < 1.29 is 23.7 Å². The number of nitrogens with one attached hydrogen (secondary N) is 2. The largest absolute Gasteiger partial charge is 0.497 e. The van der Waals surface area contributed by atoms with Crippen LogP contribution in [0.4, 0.5) is 10.6 Å². The molecule has 4 aromatic rings. The molecule has 0 bridgehead atoms. The quantitative estimate of drug-likeness (QED) is 0.147. The fourth-order valence-corrected chi connectivity index (χ4v) is 5.78. The molecule has 0 aliphatic rings. The van der Waals surface area contributed by atoms with Crippen molar-refractivity contribution in [3.63, 3.8) is 0 Å². The number of ether oxygens (including phenoxy) is 4. The monoisotopic (exact) mass is 594 g/mol. The summed E-state index contributed by atoms with van der Waals surface area (Å²) in [5.41, 5.74) is 3.54. The van der Waals surface area contributed by atoms with Gasteiger partial charge in [0.2, 0.25) is 0 Å². The number of amides is 1. The Hall–Kier alpha value is -3.63. The van der Waals surface area contributed by atoms with Crippen molar-refractivity contribution in [1.29, 1.82) is 0 Å². The first-order valence-corrected chi connectivity index (χ1v) is 15.2. The number of benzene rings is 2. The van der Waals surface area contributed by atoms with Gasteiger partial charge < -0.3 is 29.6 Å². The summed E-state index contributed by atoms with van der Waals surface area (Å²) in [6.07, 6.45) is 3.42. The molecule has 10 heteroatoms. The number of anilines is 1. The number of aromatic nitrogens is 2. The molecule has 0 saturated carbocycles. The number of hydrogen-bond acceptors (Lipinski definition) is 9. The minimum absolute atomic E-state index is 0.368. The Balaban J connectivity index is 1.52. The highest BCUT2D eigenvalue weighted by Crippen LogP contribution is 2.37. The highest BCUT2D eigenvalue weighted by Gasteiger charge is 2.18. The van der Waals surface area contributed by atoms with Crippen LogP contribution >= 0.6 is 11.3 Å². The zero-order valence-electron chi connectivity index (χ0n) is 25.5. The fourth-order valence-electron chi connectivity index (χ4n) is 4.69. The Kier molecular flexibility index (Phi) is 10.8. The molecule has 2 heterocycles. The van der Waals surface area contributed by atoms with Gasteiger partial charge in [0.15, 0.2) is 5.82 Å². The number of fused-ring (bicyclic) bond motifs is 3. The first kappa shape index (κ1) is 31.3. The molecule has 2 aromatic heterocycles. The number of aryl methyl sites for hydroxylation is 1. The molecule has 0 saturated heterocycles. The summed E-state index contributed by atoms with van der Waals surface area (Å²) in [5, 5.41) is 8.43. The summed E-state index contributed by atoms with van der Waals surface area (Å²) >= 11 is 1.67. The van der Waals surface area contributed by atoms with Gasteiger partial charge in [0.25, 0.3) is 0 Å². The number of alkyl carbamates (subject to hydrolysis) is 1. The van der Waals surface area contributed by atoms with Gasteiger partial charge in [0.05, 0.1) is 31.0 Å². The van der Waals surface area contributed by atoms with Gasteiger partial charge in [0, 0.05) is 36.7 Å². The minimum atomic E-state index is -0.491. The molecule has 2 aromatic carbocycles. The summed E-state index contributed by atoms with van der Waals surface area (Å²) in [6.45, 7) is 9.80. The highest BCUT2D eigenvalue weighted by atomic mass is 32.1. The SMILES string of the molecule is CCOCc1nc2c(NCc3ccc(OC)cc3OC)nc3cccc(CCCCCNC(=O)OC(C)(C)C)c3c2s1.